The molecule has 6 nitrogen and oxygen atoms in total. The molecule has 1 heterocycles. The third-order valence-electron chi connectivity index (χ3n) is 4.38. The molecule has 3 rings (SSSR count). The number of anilines is 1. The van der Waals surface area contributed by atoms with Gasteiger partial charge in [-0.2, -0.15) is 0 Å². The summed E-state index contributed by atoms with van der Waals surface area (Å²) in [6.07, 6.45) is 1.05. The molecular weight excluding hydrogens is 361 g/mol. The maximum atomic E-state index is 14.6. The number of hydrogen-bond acceptors (Lipinski definition) is 4. The van der Waals surface area contributed by atoms with Crippen molar-refractivity contribution in [1.29, 1.82) is 0 Å². The molecule has 0 bridgehead atoms. The third-order valence-corrected chi connectivity index (χ3v) is 4.38. The van der Waals surface area contributed by atoms with Gasteiger partial charge >= 0.3 is 0 Å². The van der Waals surface area contributed by atoms with E-state index in [9.17, 15) is 19.3 Å². The van der Waals surface area contributed by atoms with Crippen LogP contribution in [0.15, 0.2) is 30.3 Å². The zero-order chi connectivity index (χ0) is 18.0. The van der Waals surface area contributed by atoms with Gasteiger partial charge in [-0.15, -0.1) is 12.4 Å². The lowest BCUT2D eigenvalue weighted by atomic mass is 9.99. The minimum Gasteiger partial charge on any atom is -0.319 e. The minimum absolute atomic E-state index is 0. The van der Waals surface area contributed by atoms with Crippen molar-refractivity contribution >= 4 is 29.7 Å². The predicted molar refractivity (Wildman–Crippen MR) is 99.5 cm³/mol. The van der Waals surface area contributed by atoms with Gasteiger partial charge < -0.3 is 10.6 Å². The Bertz CT molecular complexity index is 858. The van der Waals surface area contributed by atoms with Crippen LogP contribution in [0, 0.1) is 15.9 Å². The molecule has 2 N–H and O–H groups in total. The van der Waals surface area contributed by atoms with Crippen LogP contribution in [0.1, 0.15) is 34.0 Å². The van der Waals surface area contributed by atoms with Gasteiger partial charge in [-0.05, 0) is 42.6 Å². The second kappa shape index (κ2) is 8.25. The summed E-state index contributed by atoms with van der Waals surface area (Å²) in [4.78, 5) is 23.0. The number of nitro benzene ring substituents is 1. The summed E-state index contributed by atoms with van der Waals surface area (Å²) >= 11 is 0. The van der Waals surface area contributed by atoms with Gasteiger partial charge in [0.25, 0.3) is 11.6 Å². The van der Waals surface area contributed by atoms with Gasteiger partial charge in [0.2, 0.25) is 0 Å². The number of hydrogen-bond donors (Lipinski definition) is 2. The van der Waals surface area contributed by atoms with Crippen LogP contribution < -0.4 is 10.6 Å². The van der Waals surface area contributed by atoms with Gasteiger partial charge in [0.05, 0.1) is 10.6 Å². The third kappa shape index (κ3) is 3.84. The fourth-order valence-electron chi connectivity index (χ4n) is 3.00. The normalized spacial score (nSPS) is 12.7. The molecule has 0 atom stereocenters. The van der Waals surface area contributed by atoms with Crippen LogP contribution in [0.3, 0.4) is 0 Å². The van der Waals surface area contributed by atoms with Gasteiger partial charge in [-0.25, -0.2) is 4.39 Å². The molecule has 0 fully saturated rings. The largest absolute Gasteiger partial charge is 0.319 e. The Morgan fingerprint density at radius 3 is 2.81 bits per heavy atom. The number of aryl methyl sites for hydroxylation is 1. The number of carbonyl (C=O) groups excluding carboxylic acids is 1. The van der Waals surface area contributed by atoms with E-state index in [1.54, 1.807) is 19.1 Å². The molecule has 2 aromatic carbocycles. The smallest absolute Gasteiger partial charge is 0.273 e. The second-order valence-electron chi connectivity index (χ2n) is 5.90. The van der Waals surface area contributed by atoms with Crippen LogP contribution in [0.2, 0.25) is 0 Å². The Labute approximate surface area is 156 Å². The molecule has 1 aliphatic rings. The molecule has 0 saturated heterocycles. The highest BCUT2D eigenvalue weighted by molar-refractivity contribution is 6.04. The van der Waals surface area contributed by atoms with Crippen LogP contribution in [0.25, 0.3) is 0 Å². The first-order chi connectivity index (χ1) is 12.0. The molecule has 26 heavy (non-hydrogen) atoms. The van der Waals surface area contributed by atoms with E-state index in [1.165, 1.54) is 18.2 Å². The second-order valence-corrected chi connectivity index (χ2v) is 5.90. The number of benzene rings is 2. The zero-order valence-corrected chi connectivity index (χ0v) is 15.0. The number of amides is 1. The molecule has 0 unspecified atom stereocenters. The summed E-state index contributed by atoms with van der Waals surface area (Å²) in [6.45, 7) is 3.09. The molecule has 8 heteroatoms. The lowest BCUT2D eigenvalue weighted by Crippen LogP contribution is -2.25. The molecule has 1 aliphatic heterocycles. The van der Waals surface area contributed by atoms with Crippen molar-refractivity contribution in [3.05, 3.63) is 68.5 Å². The van der Waals surface area contributed by atoms with E-state index in [0.717, 1.165) is 5.56 Å². The number of nitro groups is 1. The number of nitrogens with one attached hydrogen (secondary N) is 2. The van der Waals surface area contributed by atoms with Crippen molar-refractivity contribution in [3.63, 3.8) is 0 Å². The molecule has 0 aliphatic carbocycles. The number of halogens is 2. The van der Waals surface area contributed by atoms with E-state index in [1.807, 2.05) is 0 Å². The van der Waals surface area contributed by atoms with Crippen molar-refractivity contribution in [1.82, 2.24) is 5.32 Å². The van der Waals surface area contributed by atoms with E-state index < -0.39 is 16.6 Å². The van der Waals surface area contributed by atoms with Gasteiger partial charge in [-0.3, -0.25) is 14.9 Å². The molecule has 138 valence electrons. The number of nitrogens with zero attached hydrogens (tertiary/aromatic N) is 1. The van der Waals surface area contributed by atoms with Crippen LogP contribution in [0.4, 0.5) is 15.8 Å². The van der Waals surface area contributed by atoms with Gasteiger partial charge in [-0.1, -0.05) is 19.1 Å². The fourth-order valence-corrected chi connectivity index (χ4v) is 3.00. The first kappa shape index (κ1) is 19.8. The van der Waals surface area contributed by atoms with Gasteiger partial charge in [0.1, 0.15) is 5.82 Å². The van der Waals surface area contributed by atoms with Crippen LogP contribution in [-0.2, 0) is 19.4 Å². The quantitative estimate of drug-likeness (QED) is 0.627. The Balaban J connectivity index is 0.00000243. The van der Waals surface area contributed by atoms with Crippen molar-refractivity contribution in [3.8, 4) is 0 Å². The van der Waals surface area contributed by atoms with Crippen molar-refractivity contribution in [2.45, 2.75) is 26.3 Å². The Hall–Kier alpha value is -2.51. The fraction of sp³-hybridized carbons (Fsp3) is 0.278. The van der Waals surface area contributed by atoms with Crippen LogP contribution >= 0.6 is 12.4 Å². The monoisotopic (exact) mass is 379 g/mol. The highest BCUT2D eigenvalue weighted by Crippen LogP contribution is 2.26. The SMILES string of the molecule is CCc1ccc(C(=O)Nc2ccc3c(c2F)CCNC3)cc1[N+](=O)[O-].Cl. The average Bonchev–Trinajstić information content (AvgIpc) is 2.63. The van der Waals surface area contributed by atoms with Crippen LogP contribution in [-0.4, -0.2) is 17.4 Å². The zero-order valence-electron chi connectivity index (χ0n) is 14.2. The Morgan fingerprint density at radius 2 is 2.12 bits per heavy atom. The lowest BCUT2D eigenvalue weighted by Gasteiger charge is -2.19. The minimum atomic E-state index is -0.571. The van der Waals surface area contributed by atoms with Crippen LogP contribution in [0.5, 0.6) is 0 Å². The molecule has 0 radical (unpaired) electrons. The predicted octanol–water partition coefficient (Wildman–Crippen LogP) is 3.62. The highest BCUT2D eigenvalue weighted by Gasteiger charge is 2.20. The Kier molecular flexibility index (Phi) is 6.28. The first-order valence-corrected chi connectivity index (χ1v) is 8.11. The van der Waals surface area contributed by atoms with E-state index in [2.05, 4.69) is 10.6 Å². The molecular formula is C18H19ClFN3O3. The standard InChI is InChI=1S/C18H18FN3O3.ClH/c1-2-11-3-4-12(9-16(11)22(24)25)18(23)21-15-6-5-13-10-20-8-7-14(13)17(15)19;/h3-6,9,20H,2,7-8,10H2,1H3,(H,21,23);1H. The topological polar surface area (TPSA) is 84.3 Å². The maximum absolute atomic E-state index is 14.6. The van der Waals surface area contributed by atoms with E-state index in [-0.39, 0.29) is 29.3 Å². The average molecular weight is 380 g/mol. The van der Waals surface area contributed by atoms with Crippen molar-refractivity contribution in [2.75, 3.05) is 11.9 Å². The van der Waals surface area contributed by atoms with E-state index in [4.69, 9.17) is 0 Å². The summed E-state index contributed by atoms with van der Waals surface area (Å²) in [6, 6.07) is 7.61. The summed E-state index contributed by atoms with van der Waals surface area (Å²) < 4.78 is 14.6. The first-order valence-electron chi connectivity index (χ1n) is 8.11. The Morgan fingerprint density at radius 1 is 1.35 bits per heavy atom. The molecule has 1 amide bonds. The summed E-state index contributed by atoms with van der Waals surface area (Å²) in [5, 5.41) is 16.8. The maximum Gasteiger partial charge on any atom is 0.273 e. The number of fused-ring (bicyclic) bond motifs is 1. The summed E-state index contributed by atoms with van der Waals surface area (Å²) in [5.74, 6) is -1.01. The lowest BCUT2D eigenvalue weighted by molar-refractivity contribution is -0.385. The van der Waals surface area contributed by atoms with Crippen molar-refractivity contribution < 1.29 is 14.1 Å². The molecule has 2 aromatic rings. The van der Waals surface area contributed by atoms with Crippen molar-refractivity contribution in [2.24, 2.45) is 0 Å². The number of carbonyl (C=O) groups is 1. The van der Waals surface area contributed by atoms with Gasteiger partial charge in [0.15, 0.2) is 0 Å². The summed E-state index contributed by atoms with van der Waals surface area (Å²) in [5.41, 5.74) is 2.14. The molecule has 0 saturated carbocycles. The number of rotatable bonds is 4. The van der Waals surface area contributed by atoms with E-state index >= 15 is 0 Å². The molecule has 0 spiro atoms. The highest BCUT2D eigenvalue weighted by atomic mass is 35.5. The van der Waals surface area contributed by atoms with Gasteiger partial charge in [0, 0.05) is 23.7 Å². The summed E-state index contributed by atoms with van der Waals surface area (Å²) in [7, 11) is 0. The van der Waals surface area contributed by atoms with E-state index in [0.29, 0.717) is 37.1 Å². The molecule has 0 aromatic heterocycles.